The Balaban J connectivity index is 0.000000175. The van der Waals surface area contributed by atoms with Gasteiger partial charge in [0.2, 0.25) is 0 Å². The van der Waals surface area contributed by atoms with Crippen LogP contribution in [0.1, 0.15) is 0 Å². The topological polar surface area (TPSA) is 55.4 Å². The van der Waals surface area contributed by atoms with Crippen molar-refractivity contribution in [2.24, 2.45) is 0 Å². The lowest BCUT2D eigenvalue weighted by Crippen LogP contribution is -2.02. The summed E-state index contributed by atoms with van der Waals surface area (Å²) in [7, 11) is -3.18. The second-order valence-corrected chi connectivity index (χ2v) is 10.9. The van der Waals surface area contributed by atoms with Crippen molar-refractivity contribution in [1.82, 2.24) is 0 Å². The summed E-state index contributed by atoms with van der Waals surface area (Å²) in [5.74, 6) is 4.25. The molecule has 0 atom stereocenters. The molecule has 0 fully saturated rings. The summed E-state index contributed by atoms with van der Waals surface area (Å²) in [6.07, 6.45) is 0. The minimum absolute atomic E-state index is 0.709. The first kappa shape index (κ1) is 30.4. The van der Waals surface area contributed by atoms with E-state index >= 15 is 0 Å². The van der Waals surface area contributed by atoms with Gasteiger partial charge in [-0.3, -0.25) is 0 Å². The van der Waals surface area contributed by atoms with Gasteiger partial charge < -0.3 is 27.1 Å². The molecule has 0 spiro atoms. The Morgan fingerprint density at radius 3 is 0.477 bits per heavy atom. The summed E-state index contributed by atoms with van der Waals surface area (Å²) in [6.45, 7) is 0. The highest BCUT2D eigenvalue weighted by Crippen LogP contribution is 2.43. The van der Waals surface area contributed by atoms with Crippen molar-refractivity contribution in [2.75, 3.05) is 0 Å². The molecule has 44 heavy (non-hydrogen) atoms. The number of hydrogen-bond donors (Lipinski definition) is 0. The molecule has 0 aliphatic heterocycles. The van der Waals surface area contributed by atoms with Crippen molar-refractivity contribution in [3.05, 3.63) is 182 Å². The minimum atomic E-state index is -1.59. The third kappa shape index (κ3) is 10.7. The van der Waals surface area contributed by atoms with Gasteiger partial charge >= 0.3 is 17.2 Å². The highest BCUT2D eigenvalue weighted by atomic mass is 31.2. The lowest BCUT2D eigenvalue weighted by molar-refractivity contribution is 0.387. The summed E-state index contributed by atoms with van der Waals surface area (Å²) >= 11 is 0. The van der Waals surface area contributed by atoms with Gasteiger partial charge in [-0.25, -0.2) is 0 Å². The molecule has 0 aliphatic rings. The molecule has 6 aromatic rings. The smallest absolute Gasteiger partial charge is 0.409 e. The number of para-hydroxylation sites is 6. The zero-order chi connectivity index (χ0) is 30.1. The predicted octanol–water partition coefficient (Wildman–Crippen LogP) is 10.9. The Kier molecular flexibility index (Phi) is 11.9. The van der Waals surface area contributed by atoms with Crippen LogP contribution in [0.15, 0.2) is 182 Å². The first-order valence-electron chi connectivity index (χ1n) is 13.8. The second kappa shape index (κ2) is 17.2. The molecule has 0 heterocycles. The van der Waals surface area contributed by atoms with Crippen LogP contribution in [0.3, 0.4) is 0 Å². The maximum absolute atomic E-state index is 5.84. The monoisotopic (exact) mass is 620 g/mol. The van der Waals surface area contributed by atoms with Gasteiger partial charge in [0.1, 0.15) is 34.5 Å². The van der Waals surface area contributed by atoms with Crippen LogP contribution in [0.2, 0.25) is 0 Å². The first-order valence-corrected chi connectivity index (χ1v) is 16.0. The third-order valence-electron chi connectivity index (χ3n) is 5.54. The van der Waals surface area contributed by atoms with E-state index in [1.165, 1.54) is 0 Å². The molecule has 6 nitrogen and oxygen atoms in total. The molecule has 0 aliphatic carbocycles. The van der Waals surface area contributed by atoms with Gasteiger partial charge in [0.05, 0.1) is 0 Å². The molecule has 0 saturated carbocycles. The van der Waals surface area contributed by atoms with Gasteiger partial charge in [0, 0.05) is 0 Å². The van der Waals surface area contributed by atoms with Crippen molar-refractivity contribution in [1.29, 1.82) is 0 Å². The molecule has 8 heteroatoms. The van der Waals surface area contributed by atoms with Crippen LogP contribution in [-0.2, 0) is 0 Å². The number of rotatable bonds is 12. The highest BCUT2D eigenvalue weighted by Gasteiger charge is 2.20. The molecular formula is C36H30O6P2. The Bertz CT molecular complexity index is 1280. The summed E-state index contributed by atoms with van der Waals surface area (Å²) < 4.78 is 35.1. The molecule has 0 bridgehead atoms. The maximum atomic E-state index is 5.84. The van der Waals surface area contributed by atoms with Crippen LogP contribution < -0.4 is 27.1 Å². The second-order valence-electron chi connectivity index (χ2n) is 8.87. The molecular weight excluding hydrogens is 590 g/mol. The van der Waals surface area contributed by atoms with E-state index in [1.54, 1.807) is 0 Å². The molecule has 0 N–H and O–H groups in total. The molecule has 220 valence electrons. The summed E-state index contributed by atoms with van der Waals surface area (Å²) in [6, 6.07) is 57.0. The van der Waals surface area contributed by atoms with E-state index in [0.29, 0.717) is 34.5 Å². The number of benzene rings is 6. The van der Waals surface area contributed by atoms with Crippen molar-refractivity contribution < 1.29 is 27.1 Å². The van der Waals surface area contributed by atoms with Gasteiger partial charge in [0.15, 0.2) is 0 Å². The molecule has 0 radical (unpaired) electrons. The van der Waals surface area contributed by atoms with Crippen molar-refractivity contribution in [3.63, 3.8) is 0 Å². The Hall–Kier alpha value is -5.02. The molecule has 0 amide bonds. The lowest BCUT2D eigenvalue weighted by atomic mass is 10.3. The van der Waals surface area contributed by atoms with Crippen LogP contribution in [0.5, 0.6) is 34.5 Å². The summed E-state index contributed by atoms with van der Waals surface area (Å²) in [4.78, 5) is 0. The van der Waals surface area contributed by atoms with E-state index in [-0.39, 0.29) is 0 Å². The van der Waals surface area contributed by atoms with E-state index in [4.69, 9.17) is 27.1 Å². The Morgan fingerprint density at radius 2 is 0.341 bits per heavy atom. The largest absolute Gasteiger partial charge is 0.530 e. The Morgan fingerprint density at radius 1 is 0.205 bits per heavy atom. The third-order valence-corrected chi connectivity index (χ3v) is 7.70. The van der Waals surface area contributed by atoms with Gasteiger partial charge in [-0.05, 0) is 72.8 Å². The SMILES string of the molecule is c1ccc(OP(Oc2ccccc2)Oc2ccccc2)cc1.c1ccc(OP(Oc2ccccc2)Oc2ccccc2)cc1. The standard InChI is InChI=1S/2C18H15O3P/c2*1-4-10-16(11-5-1)19-22(20-17-12-6-2-7-13-17)21-18-14-8-3-9-15-18/h2*1-15H. The van der Waals surface area contributed by atoms with E-state index in [1.807, 2.05) is 182 Å². The fourth-order valence-corrected chi connectivity index (χ4v) is 5.50. The molecule has 6 aromatic carbocycles. The summed E-state index contributed by atoms with van der Waals surface area (Å²) in [5, 5.41) is 0. The van der Waals surface area contributed by atoms with Crippen LogP contribution in [0.25, 0.3) is 0 Å². The zero-order valence-electron chi connectivity index (χ0n) is 23.7. The fourth-order valence-electron chi connectivity index (χ4n) is 3.52. The van der Waals surface area contributed by atoms with Crippen molar-refractivity contribution in [3.8, 4) is 34.5 Å². The summed E-state index contributed by atoms with van der Waals surface area (Å²) in [5.41, 5.74) is 0. The highest BCUT2D eigenvalue weighted by molar-refractivity contribution is 7.43. The van der Waals surface area contributed by atoms with Crippen molar-refractivity contribution >= 4 is 17.2 Å². The van der Waals surface area contributed by atoms with Crippen LogP contribution in [0, 0.1) is 0 Å². The van der Waals surface area contributed by atoms with Crippen LogP contribution in [0.4, 0.5) is 0 Å². The fraction of sp³-hybridized carbons (Fsp3) is 0. The van der Waals surface area contributed by atoms with Crippen LogP contribution >= 0.6 is 17.2 Å². The first-order chi connectivity index (χ1) is 21.8. The van der Waals surface area contributed by atoms with Gasteiger partial charge in [-0.1, -0.05) is 109 Å². The van der Waals surface area contributed by atoms with Gasteiger partial charge in [0.25, 0.3) is 0 Å². The van der Waals surface area contributed by atoms with E-state index in [0.717, 1.165) is 0 Å². The lowest BCUT2D eigenvalue weighted by Gasteiger charge is -2.17. The normalized spacial score (nSPS) is 10.2. The zero-order valence-corrected chi connectivity index (χ0v) is 25.5. The van der Waals surface area contributed by atoms with E-state index < -0.39 is 17.2 Å². The average Bonchev–Trinajstić information content (AvgIpc) is 3.08. The maximum Gasteiger partial charge on any atom is 0.530 e. The average molecular weight is 621 g/mol. The molecule has 0 unspecified atom stereocenters. The van der Waals surface area contributed by atoms with Crippen LogP contribution in [-0.4, -0.2) is 0 Å². The molecule has 0 aromatic heterocycles. The minimum Gasteiger partial charge on any atom is -0.409 e. The predicted molar refractivity (Wildman–Crippen MR) is 176 cm³/mol. The quantitative estimate of drug-likeness (QED) is 0.127. The Labute approximate surface area is 260 Å². The molecule has 6 rings (SSSR count). The van der Waals surface area contributed by atoms with Gasteiger partial charge in [-0.15, -0.1) is 0 Å². The van der Waals surface area contributed by atoms with E-state index in [9.17, 15) is 0 Å². The van der Waals surface area contributed by atoms with Crippen molar-refractivity contribution in [2.45, 2.75) is 0 Å². The number of hydrogen-bond acceptors (Lipinski definition) is 6. The van der Waals surface area contributed by atoms with E-state index in [2.05, 4.69) is 0 Å². The van der Waals surface area contributed by atoms with Gasteiger partial charge in [-0.2, -0.15) is 0 Å². The molecule has 0 saturated heterocycles.